The fourth-order valence-electron chi connectivity index (χ4n) is 3.34. The number of amides is 1. The van der Waals surface area contributed by atoms with Gasteiger partial charge in [0, 0.05) is 51.2 Å². The number of hydrogen-bond acceptors (Lipinski definition) is 6. The minimum absolute atomic E-state index is 0.219. The van der Waals surface area contributed by atoms with E-state index in [1.807, 2.05) is 24.3 Å². The molecule has 1 aliphatic rings. The zero-order valence-corrected chi connectivity index (χ0v) is 15.6. The summed E-state index contributed by atoms with van der Waals surface area (Å²) in [5, 5.41) is 14.1. The van der Waals surface area contributed by atoms with Crippen molar-refractivity contribution in [1.82, 2.24) is 20.2 Å². The predicted molar refractivity (Wildman–Crippen MR) is 101 cm³/mol. The Bertz CT molecular complexity index is 756. The number of carbonyl (C=O) groups is 1. The van der Waals surface area contributed by atoms with Gasteiger partial charge in [0.25, 0.3) is 5.91 Å². The summed E-state index contributed by atoms with van der Waals surface area (Å²) in [6, 6.07) is 7.66. The molecule has 0 aliphatic carbocycles. The fraction of sp³-hybridized carbons (Fsp3) is 0.450. The van der Waals surface area contributed by atoms with E-state index in [2.05, 4.69) is 15.3 Å². The molecule has 7 nitrogen and oxygen atoms in total. The Kier molecular flexibility index (Phi) is 6.36. The molecule has 3 rings (SSSR count). The summed E-state index contributed by atoms with van der Waals surface area (Å²) in [7, 11) is 1.62. The molecule has 0 radical (unpaired) electrons. The number of methoxy groups -OCH3 is 1. The number of ether oxygens (including phenoxy) is 1. The second-order valence-corrected chi connectivity index (χ2v) is 6.84. The van der Waals surface area contributed by atoms with Gasteiger partial charge in [-0.3, -0.25) is 14.8 Å². The van der Waals surface area contributed by atoms with E-state index in [1.54, 1.807) is 30.6 Å². The van der Waals surface area contributed by atoms with E-state index in [-0.39, 0.29) is 12.5 Å². The van der Waals surface area contributed by atoms with Crippen LogP contribution in [-0.2, 0) is 17.8 Å². The van der Waals surface area contributed by atoms with Crippen molar-refractivity contribution in [2.75, 3.05) is 26.7 Å². The van der Waals surface area contributed by atoms with Gasteiger partial charge in [0.1, 0.15) is 5.75 Å². The van der Waals surface area contributed by atoms with Gasteiger partial charge in [-0.15, -0.1) is 0 Å². The van der Waals surface area contributed by atoms with Crippen molar-refractivity contribution in [3.05, 3.63) is 54.1 Å². The van der Waals surface area contributed by atoms with Crippen molar-refractivity contribution in [3.63, 3.8) is 0 Å². The second-order valence-electron chi connectivity index (χ2n) is 6.84. The minimum atomic E-state index is -1.36. The molecule has 0 saturated carbocycles. The van der Waals surface area contributed by atoms with Gasteiger partial charge in [0.15, 0.2) is 5.60 Å². The molecule has 1 aromatic carbocycles. The van der Waals surface area contributed by atoms with Crippen LogP contribution >= 0.6 is 0 Å². The zero-order valence-electron chi connectivity index (χ0n) is 15.6. The smallest absolute Gasteiger partial charge is 0.256 e. The van der Waals surface area contributed by atoms with Crippen LogP contribution in [0.1, 0.15) is 24.1 Å². The van der Waals surface area contributed by atoms with Crippen LogP contribution in [0.15, 0.2) is 42.9 Å². The molecular weight excluding hydrogens is 344 g/mol. The summed E-state index contributed by atoms with van der Waals surface area (Å²) in [6.45, 7) is 1.99. The lowest BCUT2D eigenvalue weighted by atomic mass is 9.91. The molecular formula is C20H26N4O3. The van der Waals surface area contributed by atoms with Gasteiger partial charge in [0.05, 0.1) is 12.8 Å². The zero-order chi connectivity index (χ0) is 19.1. The van der Waals surface area contributed by atoms with Crippen LogP contribution < -0.4 is 10.1 Å². The summed E-state index contributed by atoms with van der Waals surface area (Å²) >= 11 is 0. The number of aromatic nitrogens is 2. The topological polar surface area (TPSA) is 87.6 Å². The van der Waals surface area contributed by atoms with Gasteiger partial charge in [-0.1, -0.05) is 12.1 Å². The third-order valence-electron chi connectivity index (χ3n) is 4.80. The van der Waals surface area contributed by atoms with Crippen LogP contribution in [0.25, 0.3) is 0 Å². The van der Waals surface area contributed by atoms with Crippen molar-refractivity contribution in [2.45, 2.75) is 31.4 Å². The maximum atomic E-state index is 12.9. The molecule has 27 heavy (non-hydrogen) atoms. The molecule has 7 heteroatoms. The molecule has 1 amide bonds. The lowest BCUT2D eigenvalue weighted by molar-refractivity contribution is -0.157. The SMILES string of the molecule is COc1cccc(CN2CCCC(O)(CNCCc3cnccn3)C2=O)c1. The van der Waals surface area contributed by atoms with Gasteiger partial charge >= 0.3 is 0 Å². The number of aliphatic hydroxyl groups is 1. The fourth-order valence-corrected chi connectivity index (χ4v) is 3.34. The van der Waals surface area contributed by atoms with Crippen molar-refractivity contribution in [3.8, 4) is 5.75 Å². The standard InChI is InChI=1S/C20H26N4O3/c1-27-18-5-2-4-16(12-18)14-24-11-3-7-20(26,19(24)25)15-22-8-6-17-13-21-9-10-23-17/h2,4-5,9-10,12-13,22,26H,3,6-8,11,14-15H2,1H3. The number of likely N-dealkylation sites (tertiary alicyclic amines) is 1. The van der Waals surface area contributed by atoms with Gasteiger partial charge in [-0.05, 0) is 30.5 Å². The molecule has 0 spiro atoms. The number of hydrogen-bond donors (Lipinski definition) is 2. The highest BCUT2D eigenvalue weighted by molar-refractivity contribution is 5.86. The van der Waals surface area contributed by atoms with Crippen LogP contribution in [0.4, 0.5) is 0 Å². The van der Waals surface area contributed by atoms with Gasteiger partial charge in [0.2, 0.25) is 0 Å². The highest BCUT2D eigenvalue weighted by Crippen LogP contribution is 2.24. The van der Waals surface area contributed by atoms with Gasteiger partial charge in [-0.2, -0.15) is 0 Å². The Hall–Kier alpha value is -2.51. The summed E-state index contributed by atoms with van der Waals surface area (Å²) in [5.41, 5.74) is 0.508. The Balaban J connectivity index is 1.54. The molecule has 1 atom stereocenters. The predicted octanol–water partition coefficient (Wildman–Crippen LogP) is 1.17. The third-order valence-corrected chi connectivity index (χ3v) is 4.80. The van der Waals surface area contributed by atoms with Crippen LogP contribution in [0, 0.1) is 0 Å². The average Bonchev–Trinajstić information content (AvgIpc) is 2.70. The maximum Gasteiger partial charge on any atom is 0.256 e. The van der Waals surface area contributed by atoms with Crippen molar-refractivity contribution in [1.29, 1.82) is 0 Å². The summed E-state index contributed by atoms with van der Waals surface area (Å²) in [4.78, 5) is 22.8. The number of carbonyl (C=O) groups excluding carboxylic acids is 1. The summed E-state index contributed by atoms with van der Waals surface area (Å²) in [5.74, 6) is 0.543. The quantitative estimate of drug-likeness (QED) is 0.679. The van der Waals surface area contributed by atoms with E-state index in [4.69, 9.17) is 4.74 Å². The number of nitrogens with zero attached hydrogens (tertiary/aromatic N) is 3. The molecule has 1 aliphatic heterocycles. The number of rotatable bonds is 8. The Labute approximate surface area is 159 Å². The molecule has 2 aromatic rings. The molecule has 0 bridgehead atoms. The number of nitrogens with one attached hydrogen (secondary N) is 1. The van der Waals surface area contributed by atoms with Crippen LogP contribution in [0.2, 0.25) is 0 Å². The first kappa shape index (κ1) is 19.3. The van der Waals surface area contributed by atoms with E-state index >= 15 is 0 Å². The van der Waals surface area contributed by atoms with E-state index in [9.17, 15) is 9.90 Å². The van der Waals surface area contributed by atoms with E-state index in [0.29, 0.717) is 32.5 Å². The first-order chi connectivity index (χ1) is 13.1. The highest BCUT2D eigenvalue weighted by Gasteiger charge is 2.41. The monoisotopic (exact) mass is 370 g/mol. The van der Waals surface area contributed by atoms with E-state index < -0.39 is 5.60 Å². The minimum Gasteiger partial charge on any atom is -0.497 e. The second kappa shape index (κ2) is 8.92. The summed E-state index contributed by atoms with van der Waals surface area (Å²) in [6.07, 6.45) is 6.96. The lowest BCUT2D eigenvalue weighted by Crippen LogP contribution is -2.57. The third kappa shape index (κ3) is 5.02. The first-order valence-corrected chi connectivity index (χ1v) is 9.21. The molecule has 2 N–H and O–H groups in total. The Morgan fingerprint density at radius 2 is 2.26 bits per heavy atom. The molecule has 1 saturated heterocycles. The highest BCUT2D eigenvalue weighted by atomic mass is 16.5. The summed E-state index contributed by atoms with van der Waals surface area (Å²) < 4.78 is 5.24. The van der Waals surface area contributed by atoms with Gasteiger partial charge < -0.3 is 20.1 Å². The molecule has 1 aromatic heterocycles. The Morgan fingerprint density at radius 3 is 3.04 bits per heavy atom. The van der Waals surface area contributed by atoms with Crippen LogP contribution in [0.5, 0.6) is 5.75 Å². The van der Waals surface area contributed by atoms with Crippen molar-refractivity contribution < 1.29 is 14.6 Å². The largest absolute Gasteiger partial charge is 0.497 e. The number of benzene rings is 1. The maximum absolute atomic E-state index is 12.9. The molecule has 2 heterocycles. The molecule has 144 valence electrons. The number of piperidine rings is 1. The lowest BCUT2D eigenvalue weighted by Gasteiger charge is -2.38. The average molecular weight is 370 g/mol. The first-order valence-electron chi connectivity index (χ1n) is 9.21. The normalized spacial score (nSPS) is 19.9. The van der Waals surface area contributed by atoms with E-state index in [0.717, 1.165) is 23.4 Å². The Morgan fingerprint density at radius 1 is 1.37 bits per heavy atom. The van der Waals surface area contributed by atoms with Crippen molar-refractivity contribution >= 4 is 5.91 Å². The van der Waals surface area contributed by atoms with E-state index in [1.165, 1.54) is 0 Å². The van der Waals surface area contributed by atoms with Crippen LogP contribution in [-0.4, -0.2) is 58.2 Å². The van der Waals surface area contributed by atoms with Gasteiger partial charge in [-0.25, -0.2) is 0 Å². The molecule has 1 fully saturated rings. The molecule has 1 unspecified atom stereocenters. The van der Waals surface area contributed by atoms with Crippen LogP contribution in [0.3, 0.4) is 0 Å². The van der Waals surface area contributed by atoms with Crippen molar-refractivity contribution in [2.24, 2.45) is 0 Å².